The minimum Gasteiger partial charge on any atom is -0.452 e. The number of hydrogen-bond acceptors (Lipinski definition) is 4. The molecule has 5 nitrogen and oxygen atoms in total. The van der Waals surface area contributed by atoms with Crippen LogP contribution in [0.5, 0.6) is 0 Å². The van der Waals surface area contributed by atoms with Crippen LogP contribution in [0.25, 0.3) is 0 Å². The Morgan fingerprint density at radius 2 is 2.18 bits per heavy atom. The first kappa shape index (κ1) is 7.71. The van der Waals surface area contributed by atoms with Gasteiger partial charge in [-0.15, -0.1) is 0 Å². The van der Waals surface area contributed by atoms with Crippen molar-refractivity contribution in [3.63, 3.8) is 0 Å². The summed E-state index contributed by atoms with van der Waals surface area (Å²) in [7, 11) is 1.17. The van der Waals surface area contributed by atoms with Gasteiger partial charge in [-0.1, -0.05) is 0 Å². The van der Waals surface area contributed by atoms with Crippen LogP contribution in [0.3, 0.4) is 0 Å². The Hall–Kier alpha value is -1.39. The monoisotopic (exact) mass is 157 g/mol. The number of rotatable bonds is 0. The number of methoxy groups -OCH3 is 1. The molecule has 0 radical (unpaired) electrons. The van der Waals surface area contributed by atoms with E-state index in [-0.39, 0.29) is 18.7 Å². The van der Waals surface area contributed by atoms with E-state index >= 15 is 0 Å². The van der Waals surface area contributed by atoms with E-state index in [1.54, 1.807) is 0 Å². The van der Waals surface area contributed by atoms with E-state index in [4.69, 9.17) is 0 Å². The van der Waals surface area contributed by atoms with Gasteiger partial charge in [0.1, 0.15) is 0 Å². The molecule has 0 bridgehead atoms. The Morgan fingerprint density at radius 1 is 1.55 bits per heavy atom. The number of likely N-dealkylation sites (tertiary alicyclic amines) is 1. The number of hydrogen-bond donors (Lipinski definition) is 0. The number of nitrogens with zero attached hydrogens (tertiary/aromatic N) is 1. The zero-order chi connectivity index (χ0) is 8.43. The van der Waals surface area contributed by atoms with Crippen LogP contribution in [0.2, 0.25) is 0 Å². The minimum absolute atomic E-state index is 0.147. The molecule has 0 spiro atoms. The maximum Gasteiger partial charge on any atom is 0.416 e. The molecule has 0 aromatic carbocycles. The maximum atomic E-state index is 10.8. The molecule has 11 heavy (non-hydrogen) atoms. The normalized spacial score (nSPS) is 17.4. The Kier molecular flexibility index (Phi) is 1.89. The molecular weight excluding hydrogens is 150 g/mol. The van der Waals surface area contributed by atoms with Gasteiger partial charge in [-0.2, -0.15) is 0 Å². The topological polar surface area (TPSA) is 63.7 Å². The second-order valence-electron chi connectivity index (χ2n) is 2.17. The Morgan fingerprint density at radius 3 is 2.55 bits per heavy atom. The fourth-order valence-corrected chi connectivity index (χ4v) is 0.861. The summed E-state index contributed by atoms with van der Waals surface area (Å²) in [6, 6.07) is 0. The lowest BCUT2D eigenvalue weighted by Gasteiger charge is -2.08. The molecule has 0 saturated carbocycles. The van der Waals surface area contributed by atoms with Gasteiger partial charge in [-0.05, 0) is 0 Å². The van der Waals surface area contributed by atoms with Crippen molar-refractivity contribution in [1.29, 1.82) is 0 Å². The molecule has 1 rings (SSSR count). The second kappa shape index (κ2) is 2.69. The molecule has 0 aromatic rings. The molecular formula is C6H7NO4. The van der Waals surface area contributed by atoms with Gasteiger partial charge in [0.2, 0.25) is 5.91 Å². The first-order chi connectivity index (χ1) is 5.15. The molecule has 60 valence electrons. The van der Waals surface area contributed by atoms with E-state index in [2.05, 4.69) is 4.74 Å². The smallest absolute Gasteiger partial charge is 0.416 e. The molecule has 5 heteroatoms. The first-order valence-electron chi connectivity index (χ1n) is 3.05. The van der Waals surface area contributed by atoms with Gasteiger partial charge in [0.15, 0.2) is 5.78 Å². The molecule has 1 saturated heterocycles. The van der Waals surface area contributed by atoms with Crippen molar-refractivity contribution >= 4 is 17.8 Å². The van der Waals surface area contributed by atoms with E-state index in [0.29, 0.717) is 0 Å². The molecule has 0 unspecified atom stereocenters. The molecule has 2 amide bonds. The van der Waals surface area contributed by atoms with Crippen molar-refractivity contribution in [2.24, 2.45) is 0 Å². The van der Waals surface area contributed by atoms with Crippen LogP contribution in [0.4, 0.5) is 4.79 Å². The third kappa shape index (κ3) is 1.36. The summed E-state index contributed by atoms with van der Waals surface area (Å²) < 4.78 is 4.27. The number of Topliss-reactive ketones (excluding diaryl/α,β-unsaturated/α-hetero) is 1. The van der Waals surface area contributed by atoms with Crippen molar-refractivity contribution in [3.8, 4) is 0 Å². The fourth-order valence-electron chi connectivity index (χ4n) is 0.861. The van der Waals surface area contributed by atoms with Gasteiger partial charge < -0.3 is 4.74 Å². The second-order valence-corrected chi connectivity index (χ2v) is 2.17. The average molecular weight is 157 g/mol. The number of carbonyl (C=O) groups excluding carboxylic acids is 3. The quantitative estimate of drug-likeness (QED) is 0.447. The number of imide groups is 1. The number of amides is 2. The Labute approximate surface area is 62.9 Å². The molecule has 1 aliphatic rings. The van der Waals surface area contributed by atoms with Crippen LogP contribution in [-0.4, -0.2) is 36.3 Å². The summed E-state index contributed by atoms with van der Waals surface area (Å²) >= 11 is 0. The van der Waals surface area contributed by atoms with Crippen LogP contribution in [-0.2, 0) is 14.3 Å². The summed E-state index contributed by atoms with van der Waals surface area (Å²) in [6.45, 7) is -0.147. The molecule has 0 N–H and O–H groups in total. The summed E-state index contributed by atoms with van der Waals surface area (Å²) in [4.78, 5) is 32.9. The maximum absolute atomic E-state index is 10.8. The number of carbonyl (C=O) groups is 3. The van der Waals surface area contributed by atoms with Crippen molar-refractivity contribution in [2.45, 2.75) is 6.42 Å². The van der Waals surface area contributed by atoms with Crippen LogP contribution in [0.15, 0.2) is 0 Å². The number of ether oxygens (including phenoxy) is 1. The van der Waals surface area contributed by atoms with Crippen molar-refractivity contribution < 1.29 is 19.1 Å². The minimum atomic E-state index is -0.763. The molecule has 1 aliphatic heterocycles. The summed E-state index contributed by atoms with van der Waals surface area (Å²) in [5.41, 5.74) is 0. The summed E-state index contributed by atoms with van der Waals surface area (Å²) in [6.07, 6.45) is -0.949. The largest absolute Gasteiger partial charge is 0.452 e. The SMILES string of the molecule is COC(=O)N1CC(=O)CC1=O. The van der Waals surface area contributed by atoms with Crippen molar-refractivity contribution in [3.05, 3.63) is 0 Å². The lowest BCUT2D eigenvalue weighted by Crippen LogP contribution is -2.32. The van der Waals surface area contributed by atoms with Crippen molar-refractivity contribution in [2.75, 3.05) is 13.7 Å². The van der Waals surface area contributed by atoms with Crippen LogP contribution in [0, 0.1) is 0 Å². The highest BCUT2D eigenvalue weighted by Crippen LogP contribution is 2.07. The third-order valence-electron chi connectivity index (χ3n) is 1.38. The molecule has 0 aromatic heterocycles. The van der Waals surface area contributed by atoms with Gasteiger partial charge in [0, 0.05) is 0 Å². The average Bonchev–Trinajstić information content (AvgIpc) is 2.28. The standard InChI is InChI=1S/C6H7NO4/c1-11-6(10)7-3-4(8)2-5(7)9/h2-3H2,1H3. The van der Waals surface area contributed by atoms with Gasteiger partial charge in [0.25, 0.3) is 0 Å². The molecule has 1 heterocycles. The highest BCUT2D eigenvalue weighted by atomic mass is 16.5. The van der Waals surface area contributed by atoms with E-state index in [1.807, 2.05) is 0 Å². The lowest BCUT2D eigenvalue weighted by atomic mass is 10.3. The van der Waals surface area contributed by atoms with Crippen LogP contribution >= 0.6 is 0 Å². The zero-order valence-corrected chi connectivity index (χ0v) is 5.99. The van der Waals surface area contributed by atoms with E-state index < -0.39 is 12.0 Å². The van der Waals surface area contributed by atoms with Crippen molar-refractivity contribution in [1.82, 2.24) is 4.90 Å². The van der Waals surface area contributed by atoms with E-state index in [1.165, 1.54) is 7.11 Å². The van der Waals surface area contributed by atoms with Gasteiger partial charge in [-0.3, -0.25) is 9.59 Å². The number of ketones is 1. The van der Waals surface area contributed by atoms with E-state index in [9.17, 15) is 14.4 Å². The van der Waals surface area contributed by atoms with Gasteiger partial charge >= 0.3 is 6.09 Å². The fraction of sp³-hybridized carbons (Fsp3) is 0.500. The predicted molar refractivity (Wildman–Crippen MR) is 33.7 cm³/mol. The zero-order valence-electron chi connectivity index (χ0n) is 5.99. The first-order valence-corrected chi connectivity index (χ1v) is 3.05. The highest BCUT2D eigenvalue weighted by Gasteiger charge is 2.32. The summed E-state index contributed by atoms with van der Waals surface area (Å²) in [5, 5.41) is 0. The molecule has 0 aliphatic carbocycles. The summed E-state index contributed by atoms with van der Waals surface area (Å²) in [5.74, 6) is -0.734. The highest BCUT2D eigenvalue weighted by molar-refractivity contribution is 6.11. The third-order valence-corrected chi connectivity index (χ3v) is 1.38. The van der Waals surface area contributed by atoms with Crippen LogP contribution < -0.4 is 0 Å². The van der Waals surface area contributed by atoms with Gasteiger partial charge in [0.05, 0.1) is 20.1 Å². The Balaban J connectivity index is 2.67. The van der Waals surface area contributed by atoms with Crippen LogP contribution in [0.1, 0.15) is 6.42 Å². The predicted octanol–water partition coefficient (Wildman–Crippen LogP) is -0.446. The Bertz CT molecular complexity index is 223. The van der Waals surface area contributed by atoms with Gasteiger partial charge in [-0.25, -0.2) is 9.69 Å². The lowest BCUT2D eigenvalue weighted by molar-refractivity contribution is -0.126. The molecule has 0 atom stereocenters. The van der Waals surface area contributed by atoms with E-state index in [0.717, 1.165) is 4.90 Å². The molecule has 1 fully saturated rings.